The van der Waals surface area contributed by atoms with Gasteiger partial charge in [0.1, 0.15) is 23.2 Å². The zero-order valence-corrected chi connectivity index (χ0v) is 16.4. The van der Waals surface area contributed by atoms with Crippen LogP contribution >= 0.6 is 0 Å². The number of aromatic hydroxyl groups is 1. The van der Waals surface area contributed by atoms with Gasteiger partial charge < -0.3 is 30.2 Å². The van der Waals surface area contributed by atoms with Gasteiger partial charge in [-0.25, -0.2) is 13.2 Å². The number of sulfonamides is 1. The first-order valence-electron chi connectivity index (χ1n) is 8.90. The number of carboxylic acids is 1. The van der Waals surface area contributed by atoms with Gasteiger partial charge >= 0.3 is 28.1 Å². The van der Waals surface area contributed by atoms with Gasteiger partial charge in [-0.1, -0.05) is 6.07 Å². The summed E-state index contributed by atoms with van der Waals surface area (Å²) < 4.78 is 31.9. The van der Waals surface area contributed by atoms with E-state index in [2.05, 4.69) is 0 Å². The minimum Gasteiger partial charge on any atom is -0.618 e. The third-order valence-corrected chi connectivity index (χ3v) is 6.43. The lowest BCUT2D eigenvalue weighted by Gasteiger charge is -2.37. The summed E-state index contributed by atoms with van der Waals surface area (Å²) in [5.41, 5.74) is -0.295. The fourth-order valence-corrected chi connectivity index (χ4v) is 4.53. The standard InChI is InChI=1S/C17H19BN2O9S/c21-16-11(6-7-18(24)25)4-5-13(15(16)17(22)23)29-12-9-19(10-12)30(27,28)14-3-1-2-8-20(14)26/h1-5,8,12,21,24-25H,6-7,9-10H2,(H,22,23). The second-order valence-corrected chi connectivity index (χ2v) is 8.58. The predicted octanol–water partition coefficient (Wildman–Crippen LogP) is -0.809. The number of aryl methyl sites for hydroxylation is 1. The van der Waals surface area contributed by atoms with Gasteiger partial charge in [-0.05, 0) is 30.4 Å². The zero-order valence-electron chi connectivity index (χ0n) is 15.6. The van der Waals surface area contributed by atoms with Crippen molar-refractivity contribution in [2.45, 2.75) is 23.9 Å². The van der Waals surface area contributed by atoms with Crippen LogP contribution in [-0.2, 0) is 16.4 Å². The smallest absolute Gasteiger partial charge is 0.451 e. The number of carboxylic acid groups (broad SMARTS) is 1. The molecule has 1 aliphatic heterocycles. The highest BCUT2D eigenvalue weighted by molar-refractivity contribution is 7.89. The SMILES string of the molecule is O=C(O)c1c(OC2CN(S(=O)(=O)c3cccc[n+]3[O-])C2)ccc(CCB(O)O)c1O. The summed E-state index contributed by atoms with van der Waals surface area (Å²) >= 11 is 0. The van der Waals surface area contributed by atoms with E-state index in [4.69, 9.17) is 14.8 Å². The Balaban J connectivity index is 1.73. The first-order valence-corrected chi connectivity index (χ1v) is 10.3. The van der Waals surface area contributed by atoms with Crippen LogP contribution in [0.2, 0.25) is 6.32 Å². The van der Waals surface area contributed by atoms with Crippen molar-refractivity contribution in [1.82, 2.24) is 4.31 Å². The number of pyridine rings is 1. The molecule has 0 saturated carbocycles. The summed E-state index contributed by atoms with van der Waals surface area (Å²) in [6, 6.07) is 6.73. The molecule has 0 bridgehead atoms. The topological polar surface area (TPSA) is 172 Å². The van der Waals surface area contributed by atoms with Gasteiger partial charge in [-0.3, -0.25) is 0 Å². The van der Waals surface area contributed by atoms with E-state index in [1.54, 1.807) is 0 Å². The fraction of sp³-hybridized carbons (Fsp3) is 0.294. The van der Waals surface area contributed by atoms with Gasteiger partial charge in [-0.15, -0.1) is 0 Å². The van der Waals surface area contributed by atoms with Crippen LogP contribution in [0, 0.1) is 5.21 Å². The van der Waals surface area contributed by atoms with E-state index >= 15 is 0 Å². The Morgan fingerprint density at radius 2 is 1.97 bits per heavy atom. The lowest BCUT2D eigenvalue weighted by atomic mass is 9.82. The van der Waals surface area contributed by atoms with Gasteiger partial charge in [0.05, 0.1) is 13.1 Å². The van der Waals surface area contributed by atoms with Crippen molar-refractivity contribution in [2.75, 3.05) is 13.1 Å². The molecule has 11 nitrogen and oxygen atoms in total. The van der Waals surface area contributed by atoms with Crippen LogP contribution in [-0.4, -0.2) is 65.3 Å². The van der Waals surface area contributed by atoms with Gasteiger partial charge in [0.2, 0.25) is 0 Å². The molecule has 3 rings (SSSR count). The van der Waals surface area contributed by atoms with Crippen LogP contribution in [0.25, 0.3) is 0 Å². The number of aromatic nitrogens is 1. The van der Waals surface area contributed by atoms with Crippen molar-refractivity contribution in [3.63, 3.8) is 0 Å². The molecular formula is C17H19BN2O9S. The van der Waals surface area contributed by atoms with Gasteiger partial charge in [-0.2, -0.15) is 9.04 Å². The molecule has 0 unspecified atom stereocenters. The molecule has 160 valence electrons. The number of hydrogen-bond acceptors (Lipinski definition) is 8. The van der Waals surface area contributed by atoms with E-state index in [1.807, 2.05) is 0 Å². The van der Waals surface area contributed by atoms with Crippen LogP contribution in [0.5, 0.6) is 11.5 Å². The van der Waals surface area contributed by atoms with Crippen LogP contribution in [0.1, 0.15) is 15.9 Å². The maximum atomic E-state index is 12.5. The third kappa shape index (κ3) is 4.33. The van der Waals surface area contributed by atoms with E-state index in [9.17, 15) is 28.6 Å². The molecule has 1 saturated heterocycles. The Kier molecular flexibility index (Phi) is 6.17. The molecule has 1 aromatic carbocycles. The highest BCUT2D eigenvalue weighted by Crippen LogP contribution is 2.34. The summed E-state index contributed by atoms with van der Waals surface area (Å²) in [5.74, 6) is -2.15. The number of hydrogen-bond donors (Lipinski definition) is 4. The summed E-state index contributed by atoms with van der Waals surface area (Å²) in [6.07, 6.45) is 0.332. The molecule has 0 atom stereocenters. The number of nitrogens with zero attached hydrogens (tertiary/aromatic N) is 2. The van der Waals surface area contributed by atoms with Crippen LogP contribution in [0.3, 0.4) is 0 Å². The lowest BCUT2D eigenvalue weighted by Crippen LogP contribution is -2.57. The molecule has 2 aromatic rings. The number of carbonyl (C=O) groups is 1. The average molecular weight is 438 g/mol. The first-order chi connectivity index (χ1) is 14.1. The molecule has 0 amide bonds. The second-order valence-electron chi connectivity index (χ2n) is 6.70. The summed E-state index contributed by atoms with van der Waals surface area (Å²) in [7, 11) is -5.63. The average Bonchev–Trinajstić information content (AvgIpc) is 2.63. The second kappa shape index (κ2) is 8.48. The fourth-order valence-electron chi connectivity index (χ4n) is 3.00. The van der Waals surface area contributed by atoms with E-state index in [0.717, 1.165) is 10.5 Å². The number of benzene rings is 1. The van der Waals surface area contributed by atoms with Gasteiger partial charge in [0.15, 0.2) is 6.20 Å². The Morgan fingerprint density at radius 3 is 2.57 bits per heavy atom. The minimum absolute atomic E-state index is 0.0335. The first kappa shape index (κ1) is 21.8. The highest BCUT2D eigenvalue weighted by Gasteiger charge is 2.42. The molecule has 4 N–H and O–H groups in total. The lowest BCUT2D eigenvalue weighted by molar-refractivity contribution is -0.646. The molecule has 1 fully saturated rings. The molecule has 1 aromatic heterocycles. The predicted molar refractivity (Wildman–Crippen MR) is 102 cm³/mol. The van der Waals surface area contributed by atoms with Crippen molar-refractivity contribution >= 4 is 23.1 Å². The van der Waals surface area contributed by atoms with Crippen molar-refractivity contribution in [3.05, 3.63) is 52.9 Å². The normalized spacial score (nSPS) is 14.9. The minimum atomic E-state index is -4.02. The largest absolute Gasteiger partial charge is 0.618 e. The summed E-state index contributed by atoms with van der Waals surface area (Å²) in [5, 5.41) is 48.9. The van der Waals surface area contributed by atoms with Crippen molar-refractivity contribution < 1.29 is 42.9 Å². The molecule has 0 aliphatic carbocycles. The molecule has 0 radical (unpaired) electrons. The highest BCUT2D eigenvalue weighted by atomic mass is 32.2. The monoisotopic (exact) mass is 438 g/mol. The molecule has 2 heterocycles. The van der Waals surface area contributed by atoms with Crippen molar-refractivity contribution in [2.24, 2.45) is 0 Å². The van der Waals surface area contributed by atoms with E-state index in [-0.39, 0.29) is 41.9 Å². The van der Waals surface area contributed by atoms with Gasteiger partial charge in [0, 0.05) is 12.1 Å². The van der Waals surface area contributed by atoms with Crippen LogP contribution in [0.15, 0.2) is 41.6 Å². The summed E-state index contributed by atoms with van der Waals surface area (Å²) in [4.78, 5) is 11.6. The number of aromatic carboxylic acids is 1. The van der Waals surface area contributed by atoms with E-state index in [0.29, 0.717) is 0 Å². The molecular weight excluding hydrogens is 419 g/mol. The molecule has 1 aliphatic rings. The van der Waals surface area contributed by atoms with Crippen molar-refractivity contribution in [3.8, 4) is 11.5 Å². The van der Waals surface area contributed by atoms with E-state index < -0.39 is 45.6 Å². The number of phenols is 1. The molecule has 13 heteroatoms. The Bertz CT molecular complexity index is 1060. The van der Waals surface area contributed by atoms with Gasteiger partial charge in [0.25, 0.3) is 0 Å². The number of ether oxygens (including phenoxy) is 1. The Hall–Kier alpha value is -2.87. The van der Waals surface area contributed by atoms with Crippen LogP contribution < -0.4 is 9.47 Å². The maximum Gasteiger partial charge on any atom is 0.451 e. The molecule has 30 heavy (non-hydrogen) atoms. The molecule has 0 spiro atoms. The third-order valence-electron chi connectivity index (χ3n) is 4.61. The van der Waals surface area contributed by atoms with Crippen LogP contribution in [0.4, 0.5) is 0 Å². The Labute approximate surface area is 172 Å². The van der Waals surface area contributed by atoms with Crippen molar-refractivity contribution in [1.29, 1.82) is 0 Å². The quantitative estimate of drug-likeness (QED) is 0.234. The number of rotatable bonds is 8. The Morgan fingerprint density at radius 1 is 1.27 bits per heavy atom. The summed E-state index contributed by atoms with van der Waals surface area (Å²) in [6.45, 7) is -0.203. The van der Waals surface area contributed by atoms with E-state index in [1.165, 1.54) is 30.3 Å². The maximum absolute atomic E-state index is 12.5. The zero-order chi connectivity index (χ0) is 22.1.